The van der Waals surface area contributed by atoms with Crippen LogP contribution < -0.4 is 15.8 Å². The molecule has 1 aliphatic heterocycles. The average molecular weight is 263 g/mol. The third kappa shape index (κ3) is 3.37. The highest BCUT2D eigenvalue weighted by atomic mass is 16.5. The SMILES string of the molecule is NC(CCCNC(=O)c1ccc2c(c1)CCO2)=NO. The van der Waals surface area contributed by atoms with E-state index in [1.165, 1.54) is 0 Å². The number of fused-ring (bicyclic) bond motifs is 1. The molecule has 6 heteroatoms. The summed E-state index contributed by atoms with van der Waals surface area (Å²) in [5.41, 5.74) is 7.04. The zero-order chi connectivity index (χ0) is 13.7. The molecule has 0 fully saturated rings. The van der Waals surface area contributed by atoms with Crippen molar-refractivity contribution in [2.45, 2.75) is 19.3 Å². The Hall–Kier alpha value is -2.24. The predicted molar refractivity (Wildman–Crippen MR) is 70.6 cm³/mol. The van der Waals surface area contributed by atoms with Crippen LogP contribution >= 0.6 is 0 Å². The lowest BCUT2D eigenvalue weighted by molar-refractivity contribution is 0.0953. The van der Waals surface area contributed by atoms with Crippen LogP contribution in [0.4, 0.5) is 0 Å². The summed E-state index contributed by atoms with van der Waals surface area (Å²) in [4.78, 5) is 11.9. The first kappa shape index (κ1) is 13.2. The van der Waals surface area contributed by atoms with Crippen molar-refractivity contribution in [3.05, 3.63) is 29.3 Å². The minimum atomic E-state index is -0.116. The van der Waals surface area contributed by atoms with Crippen molar-refractivity contribution in [3.8, 4) is 5.75 Å². The van der Waals surface area contributed by atoms with Gasteiger partial charge in [0.2, 0.25) is 0 Å². The molecular formula is C13H17N3O3. The zero-order valence-corrected chi connectivity index (χ0v) is 10.6. The van der Waals surface area contributed by atoms with Crippen LogP contribution in [0, 0.1) is 0 Å². The maximum atomic E-state index is 11.9. The van der Waals surface area contributed by atoms with Gasteiger partial charge in [0.05, 0.1) is 6.61 Å². The Labute approximate surface area is 111 Å². The molecule has 1 aliphatic rings. The molecule has 0 atom stereocenters. The van der Waals surface area contributed by atoms with Crippen LogP contribution in [0.15, 0.2) is 23.4 Å². The van der Waals surface area contributed by atoms with Gasteiger partial charge in [-0.05, 0) is 30.2 Å². The van der Waals surface area contributed by atoms with Crippen LogP contribution in [0.25, 0.3) is 0 Å². The monoisotopic (exact) mass is 263 g/mol. The van der Waals surface area contributed by atoms with Crippen LogP contribution in [-0.2, 0) is 6.42 Å². The summed E-state index contributed by atoms with van der Waals surface area (Å²) in [6, 6.07) is 5.44. The number of nitrogens with zero attached hydrogens (tertiary/aromatic N) is 1. The lowest BCUT2D eigenvalue weighted by Gasteiger charge is -2.06. The highest BCUT2D eigenvalue weighted by Gasteiger charge is 2.14. The molecule has 102 valence electrons. The summed E-state index contributed by atoms with van der Waals surface area (Å²) in [5.74, 6) is 0.918. The summed E-state index contributed by atoms with van der Waals surface area (Å²) in [5, 5.41) is 14.0. The number of hydrogen-bond acceptors (Lipinski definition) is 4. The minimum Gasteiger partial charge on any atom is -0.493 e. The molecule has 0 saturated carbocycles. The number of carbonyl (C=O) groups is 1. The molecule has 0 radical (unpaired) electrons. The van der Waals surface area contributed by atoms with Crippen LogP contribution in [0.5, 0.6) is 5.75 Å². The quantitative estimate of drug-likeness (QED) is 0.241. The Bertz CT molecular complexity index is 500. The number of oxime groups is 1. The summed E-state index contributed by atoms with van der Waals surface area (Å²) in [7, 11) is 0. The Morgan fingerprint density at radius 1 is 1.53 bits per heavy atom. The van der Waals surface area contributed by atoms with Crippen molar-refractivity contribution >= 4 is 11.7 Å². The molecule has 6 nitrogen and oxygen atoms in total. The smallest absolute Gasteiger partial charge is 0.251 e. The van der Waals surface area contributed by atoms with Crippen LogP contribution in [0.3, 0.4) is 0 Å². The Morgan fingerprint density at radius 3 is 3.16 bits per heavy atom. The second kappa shape index (κ2) is 6.08. The second-order valence-corrected chi connectivity index (χ2v) is 4.37. The maximum Gasteiger partial charge on any atom is 0.251 e. The molecule has 19 heavy (non-hydrogen) atoms. The first-order chi connectivity index (χ1) is 9.20. The highest BCUT2D eigenvalue weighted by Crippen LogP contribution is 2.25. The number of carbonyl (C=O) groups excluding carboxylic acids is 1. The molecule has 1 amide bonds. The van der Waals surface area contributed by atoms with E-state index in [1.807, 2.05) is 12.1 Å². The first-order valence-electron chi connectivity index (χ1n) is 6.21. The van der Waals surface area contributed by atoms with E-state index in [0.717, 1.165) is 17.7 Å². The number of amidine groups is 1. The fourth-order valence-corrected chi connectivity index (χ4v) is 1.95. The fraction of sp³-hybridized carbons (Fsp3) is 0.385. The average Bonchev–Trinajstić information content (AvgIpc) is 2.90. The van der Waals surface area contributed by atoms with Gasteiger partial charge in [-0.3, -0.25) is 4.79 Å². The Balaban J connectivity index is 1.83. The van der Waals surface area contributed by atoms with Crippen molar-refractivity contribution < 1.29 is 14.7 Å². The lowest BCUT2D eigenvalue weighted by atomic mass is 10.1. The molecule has 1 heterocycles. The van der Waals surface area contributed by atoms with Crippen molar-refractivity contribution in [2.24, 2.45) is 10.9 Å². The summed E-state index contributed by atoms with van der Waals surface area (Å²) < 4.78 is 5.39. The van der Waals surface area contributed by atoms with E-state index in [9.17, 15) is 4.79 Å². The molecule has 0 aliphatic carbocycles. The van der Waals surface area contributed by atoms with E-state index in [1.54, 1.807) is 6.07 Å². The van der Waals surface area contributed by atoms with Gasteiger partial charge in [0.15, 0.2) is 0 Å². The second-order valence-electron chi connectivity index (χ2n) is 4.37. The van der Waals surface area contributed by atoms with E-state index in [4.69, 9.17) is 15.7 Å². The maximum absolute atomic E-state index is 11.9. The van der Waals surface area contributed by atoms with Gasteiger partial charge in [-0.1, -0.05) is 5.16 Å². The van der Waals surface area contributed by atoms with Gasteiger partial charge in [-0.25, -0.2) is 0 Å². The van der Waals surface area contributed by atoms with Crippen molar-refractivity contribution in [2.75, 3.05) is 13.2 Å². The number of nitrogens with one attached hydrogen (secondary N) is 1. The molecule has 0 saturated heterocycles. The predicted octanol–water partition coefficient (Wildman–Crippen LogP) is 0.878. The van der Waals surface area contributed by atoms with Gasteiger partial charge < -0.3 is 21.0 Å². The number of ether oxygens (including phenoxy) is 1. The first-order valence-corrected chi connectivity index (χ1v) is 6.21. The molecule has 0 aromatic heterocycles. The van der Waals surface area contributed by atoms with Gasteiger partial charge in [0, 0.05) is 24.9 Å². The molecule has 1 aromatic rings. The lowest BCUT2D eigenvalue weighted by Crippen LogP contribution is -2.25. The molecule has 0 spiro atoms. The fourth-order valence-electron chi connectivity index (χ4n) is 1.95. The van der Waals surface area contributed by atoms with Gasteiger partial charge in [-0.15, -0.1) is 0 Å². The van der Waals surface area contributed by atoms with Gasteiger partial charge in [0.1, 0.15) is 11.6 Å². The third-order valence-corrected chi connectivity index (χ3v) is 2.98. The number of rotatable bonds is 5. The number of amides is 1. The molecule has 1 aromatic carbocycles. The highest BCUT2D eigenvalue weighted by molar-refractivity contribution is 5.94. The number of benzene rings is 1. The van der Waals surface area contributed by atoms with Crippen LogP contribution in [-0.4, -0.2) is 30.1 Å². The van der Waals surface area contributed by atoms with Gasteiger partial charge in [-0.2, -0.15) is 0 Å². The minimum absolute atomic E-state index is 0.116. The molecular weight excluding hydrogens is 246 g/mol. The molecule has 0 unspecified atom stereocenters. The number of hydrogen-bond donors (Lipinski definition) is 3. The normalized spacial score (nSPS) is 13.8. The van der Waals surface area contributed by atoms with Crippen LogP contribution in [0.1, 0.15) is 28.8 Å². The van der Waals surface area contributed by atoms with Crippen molar-refractivity contribution in [1.29, 1.82) is 0 Å². The number of nitrogens with two attached hydrogens (primary N) is 1. The largest absolute Gasteiger partial charge is 0.493 e. The molecule has 2 rings (SSSR count). The Morgan fingerprint density at radius 2 is 2.37 bits per heavy atom. The third-order valence-electron chi connectivity index (χ3n) is 2.98. The summed E-state index contributed by atoms with van der Waals surface area (Å²) >= 11 is 0. The Kier molecular flexibility index (Phi) is 4.22. The van der Waals surface area contributed by atoms with Crippen molar-refractivity contribution in [1.82, 2.24) is 5.32 Å². The van der Waals surface area contributed by atoms with Crippen molar-refractivity contribution in [3.63, 3.8) is 0 Å². The summed E-state index contributed by atoms with van der Waals surface area (Å²) in [6.45, 7) is 1.17. The molecule has 0 bridgehead atoms. The van der Waals surface area contributed by atoms with Gasteiger partial charge in [0.25, 0.3) is 5.91 Å². The van der Waals surface area contributed by atoms with Gasteiger partial charge >= 0.3 is 0 Å². The van der Waals surface area contributed by atoms with E-state index in [2.05, 4.69) is 10.5 Å². The summed E-state index contributed by atoms with van der Waals surface area (Å²) in [6.07, 6.45) is 1.93. The van der Waals surface area contributed by atoms with E-state index in [0.29, 0.717) is 31.6 Å². The van der Waals surface area contributed by atoms with E-state index >= 15 is 0 Å². The molecule has 4 N–H and O–H groups in total. The zero-order valence-electron chi connectivity index (χ0n) is 10.6. The standard InChI is InChI=1S/C13H17N3O3/c14-12(16-18)2-1-6-15-13(17)10-3-4-11-9(8-10)5-7-19-11/h3-4,8,18H,1-2,5-7H2,(H2,14,16)(H,15,17). The topological polar surface area (TPSA) is 96.9 Å². The van der Waals surface area contributed by atoms with E-state index in [-0.39, 0.29) is 11.7 Å². The van der Waals surface area contributed by atoms with Crippen LogP contribution in [0.2, 0.25) is 0 Å². The van der Waals surface area contributed by atoms with E-state index < -0.39 is 0 Å².